The van der Waals surface area contributed by atoms with Gasteiger partial charge in [0.1, 0.15) is 25.3 Å². The van der Waals surface area contributed by atoms with Crippen LogP contribution < -0.4 is 48.0 Å². The number of hydrogen-bond acceptors (Lipinski definition) is 4. The standard InChI is InChI=1S/C26H50N2O4.2HI/c1-27(15-9-10-16-27)19-23-21-29-25(31-23)13-7-5-3-4-6-8-14-26-30-22-24(32-26)20-28(2)17-11-12-18-28;;/h23-26H,3-22H2,1-2H3;2*1H/q+2;;/p-2. The van der Waals surface area contributed by atoms with Crippen LogP contribution in [-0.4, -0.2) is 100 Å². The van der Waals surface area contributed by atoms with E-state index in [0.717, 1.165) is 39.1 Å². The number of hydrogen-bond donors (Lipinski definition) is 0. The molecule has 0 amide bonds. The molecule has 34 heavy (non-hydrogen) atoms. The van der Waals surface area contributed by atoms with Crippen LogP contribution in [-0.2, 0) is 18.9 Å². The molecule has 6 nitrogen and oxygen atoms in total. The predicted octanol–water partition coefficient (Wildman–Crippen LogP) is -1.92. The van der Waals surface area contributed by atoms with Crippen molar-refractivity contribution in [2.24, 2.45) is 0 Å². The molecule has 0 aromatic carbocycles. The molecule has 0 aromatic heterocycles. The normalized spacial score (nSPS) is 31.9. The second-order valence-electron chi connectivity index (χ2n) is 11.7. The minimum atomic E-state index is 0. The molecule has 0 saturated carbocycles. The van der Waals surface area contributed by atoms with E-state index in [2.05, 4.69) is 14.1 Å². The Labute approximate surface area is 243 Å². The molecule has 4 aliphatic heterocycles. The molecule has 4 rings (SSSR count). The van der Waals surface area contributed by atoms with Crippen LogP contribution in [0, 0.1) is 0 Å². The average molecular weight is 709 g/mol. The quantitative estimate of drug-likeness (QED) is 0.127. The van der Waals surface area contributed by atoms with Crippen molar-refractivity contribution in [3.05, 3.63) is 0 Å². The maximum absolute atomic E-state index is 6.18. The van der Waals surface area contributed by atoms with Crippen LogP contribution in [0.1, 0.15) is 77.0 Å². The SMILES string of the molecule is C[N+]1(CC2COC(CCCCCCCCC3OCC(C[N+]4(C)CCCC4)O3)O2)CCCC1.[I-].[I-]. The zero-order chi connectivity index (χ0) is 22.3. The van der Waals surface area contributed by atoms with Crippen molar-refractivity contribution in [2.45, 2.75) is 102 Å². The van der Waals surface area contributed by atoms with Crippen molar-refractivity contribution in [1.29, 1.82) is 0 Å². The van der Waals surface area contributed by atoms with Crippen molar-refractivity contribution in [1.82, 2.24) is 0 Å². The van der Waals surface area contributed by atoms with Gasteiger partial charge in [-0.3, -0.25) is 0 Å². The molecule has 4 heterocycles. The first-order chi connectivity index (χ1) is 15.5. The Kier molecular flexibility index (Phi) is 14.4. The first kappa shape index (κ1) is 31.4. The third kappa shape index (κ3) is 10.2. The smallest absolute Gasteiger partial charge is 0.158 e. The third-order valence-corrected chi connectivity index (χ3v) is 8.33. The van der Waals surface area contributed by atoms with Gasteiger partial charge in [0, 0.05) is 25.7 Å². The van der Waals surface area contributed by atoms with Crippen molar-refractivity contribution in [2.75, 3.05) is 66.6 Å². The monoisotopic (exact) mass is 708 g/mol. The topological polar surface area (TPSA) is 36.9 Å². The fraction of sp³-hybridized carbons (Fsp3) is 1.00. The lowest BCUT2D eigenvalue weighted by Gasteiger charge is -2.31. The molecule has 0 aromatic rings. The molecule has 202 valence electrons. The van der Waals surface area contributed by atoms with E-state index in [1.165, 1.54) is 99.4 Å². The van der Waals surface area contributed by atoms with E-state index >= 15 is 0 Å². The molecule has 4 fully saturated rings. The van der Waals surface area contributed by atoms with E-state index in [1.54, 1.807) is 0 Å². The lowest BCUT2D eigenvalue weighted by Crippen LogP contribution is -3.00. The number of nitrogens with zero attached hydrogens (tertiary/aromatic N) is 2. The summed E-state index contributed by atoms with van der Waals surface area (Å²) in [5.41, 5.74) is 0. The van der Waals surface area contributed by atoms with Crippen LogP contribution in [0.2, 0.25) is 0 Å². The van der Waals surface area contributed by atoms with Gasteiger partial charge < -0.3 is 75.9 Å². The second kappa shape index (κ2) is 15.6. The molecular formula is C26H50I2N2O4. The molecule has 4 aliphatic rings. The van der Waals surface area contributed by atoms with Gasteiger partial charge in [0.15, 0.2) is 12.6 Å². The van der Waals surface area contributed by atoms with Gasteiger partial charge in [-0.05, 0) is 25.7 Å². The summed E-state index contributed by atoms with van der Waals surface area (Å²) in [5, 5.41) is 0. The second-order valence-corrected chi connectivity index (χ2v) is 11.7. The lowest BCUT2D eigenvalue weighted by molar-refractivity contribution is -0.900. The molecule has 4 saturated heterocycles. The highest BCUT2D eigenvalue weighted by atomic mass is 127. The summed E-state index contributed by atoms with van der Waals surface area (Å²) in [7, 11) is 4.76. The Morgan fingerprint density at radius 2 is 0.912 bits per heavy atom. The van der Waals surface area contributed by atoms with Gasteiger partial charge in [-0.15, -0.1) is 0 Å². The lowest BCUT2D eigenvalue weighted by atomic mass is 10.1. The number of halogens is 2. The highest BCUT2D eigenvalue weighted by Crippen LogP contribution is 2.25. The van der Waals surface area contributed by atoms with Gasteiger partial charge >= 0.3 is 0 Å². The maximum Gasteiger partial charge on any atom is 0.158 e. The zero-order valence-corrected chi connectivity index (χ0v) is 26.0. The predicted molar refractivity (Wildman–Crippen MR) is 126 cm³/mol. The van der Waals surface area contributed by atoms with Crippen LogP contribution in [0.4, 0.5) is 0 Å². The fourth-order valence-electron chi connectivity index (χ4n) is 6.39. The summed E-state index contributed by atoms with van der Waals surface area (Å²) in [6, 6.07) is 0. The maximum atomic E-state index is 6.18. The number of likely N-dealkylation sites (tertiary alicyclic amines) is 2. The summed E-state index contributed by atoms with van der Waals surface area (Å²) in [6.07, 6.45) is 15.9. The largest absolute Gasteiger partial charge is 1.00 e. The number of rotatable bonds is 13. The molecule has 0 N–H and O–H groups in total. The van der Waals surface area contributed by atoms with Crippen LogP contribution in [0.5, 0.6) is 0 Å². The van der Waals surface area contributed by atoms with E-state index in [-0.39, 0.29) is 60.5 Å². The van der Waals surface area contributed by atoms with Crippen molar-refractivity contribution in [3.8, 4) is 0 Å². The van der Waals surface area contributed by atoms with E-state index in [4.69, 9.17) is 18.9 Å². The highest BCUT2D eigenvalue weighted by molar-refractivity contribution is 4.69. The Bertz CT molecular complexity index is 511. The van der Waals surface area contributed by atoms with Crippen molar-refractivity contribution in [3.63, 3.8) is 0 Å². The Morgan fingerprint density at radius 1 is 0.559 bits per heavy atom. The molecule has 8 heteroatoms. The molecule has 4 atom stereocenters. The van der Waals surface area contributed by atoms with Crippen molar-refractivity contribution >= 4 is 0 Å². The van der Waals surface area contributed by atoms with E-state index < -0.39 is 0 Å². The fourth-order valence-corrected chi connectivity index (χ4v) is 6.39. The minimum Gasteiger partial charge on any atom is -1.00 e. The Morgan fingerprint density at radius 3 is 1.29 bits per heavy atom. The van der Waals surface area contributed by atoms with E-state index in [0.29, 0.717) is 12.2 Å². The van der Waals surface area contributed by atoms with Gasteiger partial charge in [0.05, 0.1) is 53.5 Å². The van der Waals surface area contributed by atoms with Crippen LogP contribution in [0.15, 0.2) is 0 Å². The third-order valence-electron chi connectivity index (χ3n) is 8.33. The summed E-state index contributed by atoms with van der Waals surface area (Å²) < 4.78 is 26.6. The summed E-state index contributed by atoms with van der Waals surface area (Å²) in [6.45, 7) is 9.08. The van der Waals surface area contributed by atoms with Crippen LogP contribution in [0.25, 0.3) is 0 Å². The Hall–Kier alpha value is 1.22. The van der Waals surface area contributed by atoms with Crippen LogP contribution >= 0.6 is 0 Å². The molecule has 0 radical (unpaired) electrons. The minimum absolute atomic E-state index is 0. The number of unbranched alkanes of at least 4 members (excludes halogenated alkanes) is 5. The van der Waals surface area contributed by atoms with Gasteiger partial charge in [0.2, 0.25) is 0 Å². The summed E-state index contributed by atoms with van der Waals surface area (Å²) in [5.74, 6) is 0. The van der Waals surface area contributed by atoms with Gasteiger partial charge in [0.25, 0.3) is 0 Å². The zero-order valence-electron chi connectivity index (χ0n) is 21.7. The molecule has 0 bridgehead atoms. The highest BCUT2D eigenvalue weighted by Gasteiger charge is 2.36. The molecular weight excluding hydrogens is 658 g/mol. The number of quaternary nitrogens is 2. The number of likely N-dealkylation sites (N-methyl/N-ethyl adjacent to an activating group) is 2. The number of ether oxygens (including phenoxy) is 4. The molecule has 4 unspecified atom stereocenters. The van der Waals surface area contributed by atoms with Gasteiger partial charge in [-0.1, -0.05) is 25.7 Å². The van der Waals surface area contributed by atoms with Gasteiger partial charge in [-0.2, -0.15) is 0 Å². The van der Waals surface area contributed by atoms with E-state index in [1.807, 2.05) is 0 Å². The van der Waals surface area contributed by atoms with Crippen molar-refractivity contribution < 1.29 is 75.9 Å². The first-order valence-electron chi connectivity index (χ1n) is 13.7. The Balaban J connectivity index is 0.00000204. The molecule has 0 spiro atoms. The van der Waals surface area contributed by atoms with E-state index in [9.17, 15) is 0 Å². The average Bonchev–Trinajstić information content (AvgIpc) is 3.55. The molecule has 0 aliphatic carbocycles. The summed E-state index contributed by atoms with van der Waals surface area (Å²) in [4.78, 5) is 0. The first-order valence-corrected chi connectivity index (χ1v) is 13.7. The summed E-state index contributed by atoms with van der Waals surface area (Å²) >= 11 is 0. The van der Waals surface area contributed by atoms with Crippen LogP contribution in [0.3, 0.4) is 0 Å². The van der Waals surface area contributed by atoms with Gasteiger partial charge in [-0.25, -0.2) is 0 Å².